The molecule has 3 aromatic rings. The molecule has 2 aliphatic rings. The normalized spacial score (nSPS) is 19.2. The lowest BCUT2D eigenvalue weighted by atomic mass is 9.94. The smallest absolute Gasteiger partial charge is 0.295 e. The van der Waals surface area contributed by atoms with Crippen molar-refractivity contribution in [2.75, 3.05) is 33.8 Å². The van der Waals surface area contributed by atoms with E-state index in [0.29, 0.717) is 55.2 Å². The third kappa shape index (κ3) is 6.14. The molecule has 0 radical (unpaired) electrons. The van der Waals surface area contributed by atoms with Gasteiger partial charge in [0.05, 0.1) is 18.2 Å². The van der Waals surface area contributed by atoms with Gasteiger partial charge in [-0.3, -0.25) is 9.59 Å². The van der Waals surface area contributed by atoms with Gasteiger partial charge < -0.3 is 29.1 Å². The van der Waals surface area contributed by atoms with Gasteiger partial charge in [0.1, 0.15) is 24.2 Å². The Morgan fingerprint density at radius 2 is 1.81 bits per heavy atom. The van der Waals surface area contributed by atoms with Gasteiger partial charge in [0.2, 0.25) is 0 Å². The number of carbonyl (C=O) groups excluding carboxylic acids is 2. The van der Waals surface area contributed by atoms with Crippen LogP contribution >= 0.6 is 0 Å². The molecular formula is C34H38N2O6. The Morgan fingerprint density at radius 3 is 2.55 bits per heavy atom. The first kappa shape index (κ1) is 29.2. The molecule has 2 heterocycles. The van der Waals surface area contributed by atoms with Crippen LogP contribution in [0, 0.1) is 0 Å². The summed E-state index contributed by atoms with van der Waals surface area (Å²) < 4.78 is 17.9. The van der Waals surface area contributed by atoms with Crippen molar-refractivity contribution < 1.29 is 28.9 Å². The molecule has 0 aromatic heterocycles. The first-order valence-electron chi connectivity index (χ1n) is 14.4. The second-order valence-corrected chi connectivity index (χ2v) is 11.0. The highest BCUT2D eigenvalue weighted by molar-refractivity contribution is 6.46. The Morgan fingerprint density at radius 1 is 1.02 bits per heavy atom. The number of carbonyl (C=O) groups is 2. The molecule has 8 heteroatoms. The average Bonchev–Trinajstić information content (AvgIpc) is 3.47. The Hall–Kier alpha value is -4.30. The van der Waals surface area contributed by atoms with Gasteiger partial charge in [-0.15, -0.1) is 0 Å². The number of nitrogens with zero attached hydrogens (tertiary/aromatic N) is 2. The van der Waals surface area contributed by atoms with E-state index in [1.807, 2.05) is 87.4 Å². The van der Waals surface area contributed by atoms with Gasteiger partial charge in [0, 0.05) is 18.5 Å². The predicted molar refractivity (Wildman–Crippen MR) is 161 cm³/mol. The summed E-state index contributed by atoms with van der Waals surface area (Å²) in [5.74, 6) is 0.316. The van der Waals surface area contributed by atoms with Crippen molar-refractivity contribution in [1.82, 2.24) is 9.80 Å². The molecule has 2 atom stereocenters. The molecule has 220 valence electrons. The number of amides is 1. The number of ketones is 1. The molecule has 1 N–H and O–H groups in total. The van der Waals surface area contributed by atoms with Crippen LogP contribution in [0.1, 0.15) is 48.6 Å². The maximum absolute atomic E-state index is 13.5. The first-order chi connectivity index (χ1) is 20.3. The van der Waals surface area contributed by atoms with Gasteiger partial charge in [0.15, 0.2) is 11.5 Å². The summed E-state index contributed by atoms with van der Waals surface area (Å²) in [6, 6.07) is 19.9. The van der Waals surface area contributed by atoms with Gasteiger partial charge >= 0.3 is 0 Å². The molecule has 0 saturated carbocycles. The highest BCUT2D eigenvalue weighted by Crippen LogP contribution is 2.43. The number of likely N-dealkylation sites (tertiary alicyclic amines) is 1. The summed E-state index contributed by atoms with van der Waals surface area (Å²) in [7, 11) is 3.93. The number of ether oxygens (including phenoxy) is 3. The molecule has 1 fully saturated rings. The van der Waals surface area contributed by atoms with Crippen molar-refractivity contribution in [3.8, 4) is 17.2 Å². The van der Waals surface area contributed by atoms with Gasteiger partial charge in [-0.25, -0.2) is 0 Å². The zero-order valence-electron chi connectivity index (χ0n) is 24.6. The zero-order chi connectivity index (χ0) is 29.8. The number of hydrogen-bond acceptors (Lipinski definition) is 7. The number of Topliss-reactive ketones (excluding diaryl/α,β-unsaturated/α-hetero) is 1. The van der Waals surface area contributed by atoms with Crippen LogP contribution in [0.5, 0.6) is 17.2 Å². The third-order valence-electron chi connectivity index (χ3n) is 7.53. The number of hydrogen-bond donors (Lipinski definition) is 1. The van der Waals surface area contributed by atoms with Gasteiger partial charge in [-0.1, -0.05) is 36.4 Å². The molecule has 42 heavy (non-hydrogen) atoms. The fraction of sp³-hybridized carbons (Fsp3) is 0.353. The minimum absolute atomic E-state index is 0.0410. The van der Waals surface area contributed by atoms with Crippen LogP contribution in [-0.2, 0) is 22.6 Å². The van der Waals surface area contributed by atoms with Crippen LogP contribution < -0.4 is 14.2 Å². The van der Waals surface area contributed by atoms with E-state index in [9.17, 15) is 14.7 Å². The monoisotopic (exact) mass is 570 g/mol. The van der Waals surface area contributed by atoms with Crippen molar-refractivity contribution >= 4 is 17.4 Å². The van der Waals surface area contributed by atoms with E-state index in [0.717, 1.165) is 23.4 Å². The van der Waals surface area contributed by atoms with Crippen molar-refractivity contribution in [1.29, 1.82) is 0 Å². The largest absolute Gasteiger partial charge is 0.507 e. The predicted octanol–water partition coefficient (Wildman–Crippen LogP) is 5.36. The standard InChI is InChI=1S/C34H38N2O6/c1-5-40-29-20-24(12-15-28(29)41-21-23-10-7-6-8-11-23)31-30(33(38)34(39)36(31)17-9-16-35(3)4)32(37)25-13-14-27-26(19-25)18-22(2)42-27/h6-8,10-15,19-20,22,31,37H,5,9,16-18,21H2,1-4H3/b32-30+/t22-,31+/m0/s1. The second kappa shape index (κ2) is 12.7. The molecule has 5 rings (SSSR count). The van der Waals surface area contributed by atoms with E-state index in [1.165, 1.54) is 0 Å². The average molecular weight is 571 g/mol. The number of aliphatic hydroxyl groups is 1. The van der Waals surface area contributed by atoms with Gasteiger partial charge in [0.25, 0.3) is 11.7 Å². The SMILES string of the molecule is CCOc1cc([C@@H]2/C(=C(\O)c3ccc4c(c3)C[C@H](C)O4)C(=O)C(=O)N2CCCN(C)C)ccc1OCc1ccccc1. The highest BCUT2D eigenvalue weighted by atomic mass is 16.5. The van der Waals surface area contributed by atoms with Crippen molar-refractivity contribution in [3.05, 3.63) is 94.6 Å². The molecule has 1 amide bonds. The minimum Gasteiger partial charge on any atom is -0.507 e. The number of aliphatic hydroxyl groups excluding tert-OH is 1. The lowest BCUT2D eigenvalue weighted by Gasteiger charge is -2.26. The molecule has 0 aliphatic carbocycles. The maximum atomic E-state index is 13.5. The topological polar surface area (TPSA) is 88.5 Å². The lowest BCUT2D eigenvalue weighted by Crippen LogP contribution is -2.32. The van der Waals surface area contributed by atoms with Crippen molar-refractivity contribution in [3.63, 3.8) is 0 Å². The molecule has 1 saturated heterocycles. The molecule has 3 aromatic carbocycles. The molecule has 8 nitrogen and oxygen atoms in total. The Labute approximate surface area is 247 Å². The Kier molecular flexibility index (Phi) is 8.83. The summed E-state index contributed by atoms with van der Waals surface area (Å²) in [6.45, 7) is 5.75. The summed E-state index contributed by atoms with van der Waals surface area (Å²) in [5.41, 5.74) is 3.19. The fourth-order valence-corrected chi connectivity index (χ4v) is 5.56. The van der Waals surface area contributed by atoms with Crippen molar-refractivity contribution in [2.24, 2.45) is 0 Å². The molecule has 0 unspecified atom stereocenters. The molecule has 2 aliphatic heterocycles. The van der Waals surface area contributed by atoms with E-state index < -0.39 is 17.7 Å². The summed E-state index contributed by atoms with van der Waals surface area (Å²) in [6.07, 6.45) is 1.42. The summed E-state index contributed by atoms with van der Waals surface area (Å²) >= 11 is 0. The Balaban J connectivity index is 1.54. The van der Waals surface area contributed by atoms with E-state index in [2.05, 4.69) is 0 Å². The molecule has 0 bridgehead atoms. The van der Waals surface area contributed by atoms with E-state index in [1.54, 1.807) is 17.0 Å². The van der Waals surface area contributed by atoms with E-state index in [-0.39, 0.29) is 17.4 Å². The number of rotatable bonds is 11. The van der Waals surface area contributed by atoms with Crippen molar-refractivity contribution in [2.45, 2.75) is 45.4 Å². The Bertz CT molecular complexity index is 1480. The van der Waals surface area contributed by atoms with E-state index in [4.69, 9.17) is 14.2 Å². The van der Waals surface area contributed by atoms with Gasteiger partial charge in [-0.2, -0.15) is 0 Å². The number of benzene rings is 3. The number of fused-ring (bicyclic) bond motifs is 1. The second-order valence-electron chi connectivity index (χ2n) is 11.0. The van der Waals surface area contributed by atoms with Crippen LogP contribution in [-0.4, -0.2) is 66.5 Å². The van der Waals surface area contributed by atoms with E-state index >= 15 is 0 Å². The van der Waals surface area contributed by atoms with Crippen LogP contribution in [0.4, 0.5) is 0 Å². The quantitative estimate of drug-likeness (QED) is 0.189. The highest BCUT2D eigenvalue weighted by Gasteiger charge is 2.46. The van der Waals surface area contributed by atoms with Crippen LogP contribution in [0.2, 0.25) is 0 Å². The zero-order valence-corrected chi connectivity index (χ0v) is 24.6. The fourth-order valence-electron chi connectivity index (χ4n) is 5.56. The lowest BCUT2D eigenvalue weighted by molar-refractivity contribution is -0.139. The van der Waals surface area contributed by atoms with Crippen LogP contribution in [0.25, 0.3) is 5.76 Å². The molecular weight excluding hydrogens is 532 g/mol. The van der Waals surface area contributed by atoms with Crippen LogP contribution in [0.15, 0.2) is 72.3 Å². The first-order valence-corrected chi connectivity index (χ1v) is 14.4. The third-order valence-corrected chi connectivity index (χ3v) is 7.53. The summed E-state index contributed by atoms with van der Waals surface area (Å²) in [5, 5.41) is 11.6. The van der Waals surface area contributed by atoms with Crippen LogP contribution in [0.3, 0.4) is 0 Å². The molecule has 0 spiro atoms. The summed E-state index contributed by atoms with van der Waals surface area (Å²) in [4.78, 5) is 30.5. The minimum atomic E-state index is -0.780. The maximum Gasteiger partial charge on any atom is 0.295 e. The van der Waals surface area contributed by atoms with Gasteiger partial charge in [-0.05, 0) is 87.9 Å².